The van der Waals surface area contributed by atoms with E-state index in [-0.39, 0.29) is 41.3 Å². The first-order valence-corrected chi connectivity index (χ1v) is 9.93. The number of methoxy groups -OCH3 is 1. The molecular weight excluding hydrogens is 419 g/mol. The van der Waals surface area contributed by atoms with Gasteiger partial charge < -0.3 is 18.9 Å². The fraction of sp³-hybridized carbons (Fsp3) is 0.304. The maximum Gasteiger partial charge on any atom is 0.339 e. The topological polar surface area (TPSA) is 111 Å². The van der Waals surface area contributed by atoms with E-state index in [1.807, 2.05) is 0 Å². The Morgan fingerprint density at radius 1 is 1.22 bits per heavy atom. The second-order valence-electron chi connectivity index (χ2n) is 7.21. The van der Waals surface area contributed by atoms with Gasteiger partial charge in [0.2, 0.25) is 5.78 Å². The van der Waals surface area contributed by atoms with Crippen LogP contribution in [0.3, 0.4) is 0 Å². The van der Waals surface area contributed by atoms with Gasteiger partial charge in [-0.1, -0.05) is 12.1 Å². The molecule has 0 aliphatic heterocycles. The molecule has 0 amide bonds. The van der Waals surface area contributed by atoms with Gasteiger partial charge in [0.1, 0.15) is 5.82 Å². The number of aryl methyl sites for hydroxylation is 2. The van der Waals surface area contributed by atoms with Gasteiger partial charge in [0.25, 0.3) is 0 Å². The molecule has 1 atom stereocenters. The van der Waals surface area contributed by atoms with Crippen LogP contribution in [0.15, 0.2) is 34.9 Å². The lowest BCUT2D eigenvalue weighted by molar-refractivity contribution is -0.146. The predicted octanol–water partition coefficient (Wildman–Crippen LogP) is 3.96. The molecular formula is C23H23FN2O6. The molecule has 3 rings (SSSR count). The molecule has 0 saturated heterocycles. The van der Waals surface area contributed by atoms with Gasteiger partial charge in [0, 0.05) is 12.1 Å². The second kappa shape index (κ2) is 9.59. The first-order chi connectivity index (χ1) is 15.2. The Balaban J connectivity index is 1.59. The van der Waals surface area contributed by atoms with Crippen molar-refractivity contribution in [2.75, 3.05) is 7.11 Å². The van der Waals surface area contributed by atoms with E-state index in [9.17, 15) is 18.8 Å². The van der Waals surface area contributed by atoms with Gasteiger partial charge in [-0.2, -0.15) is 0 Å². The van der Waals surface area contributed by atoms with Crippen molar-refractivity contribution in [3.8, 4) is 11.3 Å². The van der Waals surface area contributed by atoms with Crippen molar-refractivity contribution in [1.82, 2.24) is 9.97 Å². The van der Waals surface area contributed by atoms with Crippen LogP contribution in [0.25, 0.3) is 11.3 Å². The fourth-order valence-corrected chi connectivity index (χ4v) is 3.34. The first-order valence-electron chi connectivity index (χ1n) is 9.93. The number of H-pyrrole nitrogens is 1. The minimum Gasteiger partial charge on any atom is -0.465 e. The highest BCUT2D eigenvalue weighted by Gasteiger charge is 2.27. The van der Waals surface area contributed by atoms with Gasteiger partial charge in [-0.15, -0.1) is 0 Å². The molecule has 0 aliphatic carbocycles. The van der Waals surface area contributed by atoms with Crippen molar-refractivity contribution in [2.45, 2.75) is 39.7 Å². The van der Waals surface area contributed by atoms with E-state index in [4.69, 9.17) is 13.9 Å². The molecule has 0 spiro atoms. The summed E-state index contributed by atoms with van der Waals surface area (Å²) in [5.74, 6) is -1.57. The number of Topliss-reactive ketones (excluding diaryl/α,β-unsaturated/α-hetero) is 1. The molecule has 0 radical (unpaired) electrons. The summed E-state index contributed by atoms with van der Waals surface area (Å²) < 4.78 is 29.3. The number of ketones is 1. The summed E-state index contributed by atoms with van der Waals surface area (Å²) in [6, 6.07) is 6.13. The van der Waals surface area contributed by atoms with E-state index in [0.29, 0.717) is 11.3 Å². The number of aromatic amines is 1. The number of halogens is 1. The summed E-state index contributed by atoms with van der Waals surface area (Å²) in [7, 11) is 1.26. The van der Waals surface area contributed by atoms with Crippen LogP contribution in [-0.4, -0.2) is 40.9 Å². The van der Waals surface area contributed by atoms with E-state index in [1.54, 1.807) is 32.0 Å². The zero-order valence-electron chi connectivity index (χ0n) is 18.2. The lowest BCUT2D eigenvalue weighted by atomic mass is 10.1. The molecule has 0 saturated carbocycles. The number of carbonyl (C=O) groups excluding carboxylic acids is 3. The number of hydrogen-bond acceptors (Lipinski definition) is 7. The van der Waals surface area contributed by atoms with E-state index in [2.05, 4.69) is 9.97 Å². The molecule has 1 aromatic carbocycles. The Morgan fingerprint density at radius 3 is 2.62 bits per heavy atom. The number of nitrogens with one attached hydrogen (secondary N) is 1. The summed E-state index contributed by atoms with van der Waals surface area (Å²) in [5, 5.41) is 0. The Bertz CT molecular complexity index is 1160. The van der Waals surface area contributed by atoms with Crippen LogP contribution in [0.1, 0.15) is 51.3 Å². The summed E-state index contributed by atoms with van der Waals surface area (Å²) in [5.41, 5.74) is 1.67. The Labute approximate surface area is 183 Å². The second-order valence-corrected chi connectivity index (χ2v) is 7.21. The smallest absolute Gasteiger partial charge is 0.339 e. The van der Waals surface area contributed by atoms with Gasteiger partial charge in [-0.25, -0.2) is 14.2 Å². The lowest BCUT2D eigenvalue weighted by Gasteiger charge is -2.12. The van der Waals surface area contributed by atoms with Crippen molar-refractivity contribution < 1.29 is 32.7 Å². The number of rotatable bonds is 8. The Morgan fingerprint density at radius 2 is 1.94 bits per heavy atom. The summed E-state index contributed by atoms with van der Waals surface area (Å²) in [6.07, 6.45) is 0.371. The third-order valence-corrected chi connectivity index (χ3v) is 4.99. The summed E-state index contributed by atoms with van der Waals surface area (Å²) >= 11 is 0. The highest BCUT2D eigenvalue weighted by Crippen LogP contribution is 2.24. The van der Waals surface area contributed by atoms with Gasteiger partial charge in [0.15, 0.2) is 17.8 Å². The third-order valence-electron chi connectivity index (χ3n) is 4.99. The molecule has 0 fully saturated rings. The number of esters is 2. The minimum absolute atomic E-state index is 0.0784. The van der Waals surface area contributed by atoms with Crippen molar-refractivity contribution >= 4 is 17.7 Å². The van der Waals surface area contributed by atoms with Crippen LogP contribution in [0.5, 0.6) is 0 Å². The Hall–Kier alpha value is -3.75. The van der Waals surface area contributed by atoms with Gasteiger partial charge in [-0.05, 0) is 38.5 Å². The van der Waals surface area contributed by atoms with E-state index in [0.717, 1.165) is 0 Å². The monoisotopic (exact) mass is 442 g/mol. The first kappa shape index (κ1) is 22.9. The minimum atomic E-state index is -1.07. The van der Waals surface area contributed by atoms with Crippen molar-refractivity contribution in [2.24, 2.45) is 0 Å². The van der Waals surface area contributed by atoms with Gasteiger partial charge in [0.05, 0.1) is 36.5 Å². The predicted molar refractivity (Wildman–Crippen MR) is 112 cm³/mol. The van der Waals surface area contributed by atoms with Crippen molar-refractivity contribution in [3.05, 3.63) is 64.7 Å². The van der Waals surface area contributed by atoms with Crippen LogP contribution in [0, 0.1) is 19.7 Å². The molecule has 168 valence electrons. The Kier molecular flexibility index (Phi) is 6.87. The summed E-state index contributed by atoms with van der Waals surface area (Å²) in [4.78, 5) is 43.8. The van der Waals surface area contributed by atoms with E-state index < -0.39 is 29.6 Å². The van der Waals surface area contributed by atoms with Crippen molar-refractivity contribution in [3.63, 3.8) is 0 Å². The molecule has 32 heavy (non-hydrogen) atoms. The fourth-order valence-electron chi connectivity index (χ4n) is 3.34. The number of nitrogens with zero attached hydrogens (tertiary/aromatic N) is 1. The molecule has 3 aromatic rings. The van der Waals surface area contributed by atoms with Crippen LogP contribution in [0.2, 0.25) is 0 Å². The zero-order valence-corrected chi connectivity index (χ0v) is 18.2. The number of hydrogen-bond donors (Lipinski definition) is 1. The molecule has 8 nitrogen and oxygen atoms in total. The SMILES string of the molecule is COC(=O)c1c(C)[nH]c(C(=O)[C@H](C)OC(=O)CCc2ncc(-c3ccccc3F)o2)c1C. The third kappa shape index (κ3) is 4.77. The van der Waals surface area contributed by atoms with Gasteiger partial charge >= 0.3 is 11.9 Å². The lowest BCUT2D eigenvalue weighted by Crippen LogP contribution is -2.25. The van der Waals surface area contributed by atoms with Crippen LogP contribution in [-0.2, 0) is 20.7 Å². The molecule has 2 heterocycles. The molecule has 9 heteroatoms. The molecule has 0 unspecified atom stereocenters. The number of oxazole rings is 1. The van der Waals surface area contributed by atoms with E-state index >= 15 is 0 Å². The number of ether oxygens (including phenoxy) is 2. The molecule has 1 N–H and O–H groups in total. The number of benzene rings is 1. The van der Waals surface area contributed by atoms with E-state index in [1.165, 1.54) is 26.3 Å². The van der Waals surface area contributed by atoms with Crippen LogP contribution >= 0.6 is 0 Å². The normalized spacial score (nSPS) is 11.8. The van der Waals surface area contributed by atoms with Gasteiger partial charge in [-0.3, -0.25) is 9.59 Å². The molecule has 0 aliphatic rings. The van der Waals surface area contributed by atoms with Crippen LogP contribution in [0.4, 0.5) is 4.39 Å². The quantitative estimate of drug-likeness (QED) is 0.415. The highest BCUT2D eigenvalue weighted by atomic mass is 19.1. The average molecular weight is 442 g/mol. The largest absolute Gasteiger partial charge is 0.465 e. The van der Waals surface area contributed by atoms with Crippen LogP contribution < -0.4 is 0 Å². The average Bonchev–Trinajstić information content (AvgIpc) is 3.35. The number of aromatic nitrogens is 2. The highest BCUT2D eigenvalue weighted by molar-refractivity contribution is 6.03. The standard InChI is InChI=1S/C23H23FN2O6/c1-12-20(23(29)30-4)13(2)26-21(12)22(28)14(3)31-19(27)10-9-18-25-11-17(32-18)15-7-5-6-8-16(15)24/h5-8,11,14,26H,9-10H2,1-4H3/t14-/m0/s1. The zero-order chi connectivity index (χ0) is 23.4. The summed E-state index contributed by atoms with van der Waals surface area (Å²) in [6.45, 7) is 4.72. The molecule has 2 aromatic heterocycles. The number of carbonyl (C=O) groups is 3. The maximum absolute atomic E-state index is 13.9. The molecule has 0 bridgehead atoms. The van der Waals surface area contributed by atoms with Crippen molar-refractivity contribution in [1.29, 1.82) is 0 Å². The maximum atomic E-state index is 13.9.